The molecular formula is C19H17NO5. The van der Waals surface area contributed by atoms with Gasteiger partial charge in [0.25, 0.3) is 11.7 Å². The lowest BCUT2D eigenvalue weighted by Gasteiger charge is -2.17. The van der Waals surface area contributed by atoms with E-state index in [1.54, 1.807) is 48.5 Å². The van der Waals surface area contributed by atoms with Crippen molar-refractivity contribution >= 4 is 17.4 Å². The Labute approximate surface area is 144 Å². The predicted octanol–water partition coefficient (Wildman–Crippen LogP) is 2.41. The van der Waals surface area contributed by atoms with Gasteiger partial charge in [0, 0.05) is 17.2 Å². The summed E-state index contributed by atoms with van der Waals surface area (Å²) in [6.07, 6.45) is 0. The molecule has 2 aromatic carbocycles. The van der Waals surface area contributed by atoms with Crippen LogP contribution in [0.15, 0.2) is 54.1 Å². The Kier molecular flexibility index (Phi) is 4.43. The Balaban J connectivity index is 2.15. The molecule has 2 aromatic rings. The van der Waals surface area contributed by atoms with Gasteiger partial charge in [0.1, 0.15) is 17.3 Å². The van der Waals surface area contributed by atoms with Crippen molar-refractivity contribution in [2.45, 2.75) is 6.04 Å². The van der Waals surface area contributed by atoms with Gasteiger partial charge < -0.3 is 19.9 Å². The van der Waals surface area contributed by atoms with E-state index in [2.05, 4.69) is 5.32 Å². The summed E-state index contributed by atoms with van der Waals surface area (Å²) in [6, 6.07) is 12.9. The maximum Gasteiger partial charge on any atom is 0.293 e. The van der Waals surface area contributed by atoms with Gasteiger partial charge in [-0.1, -0.05) is 30.3 Å². The van der Waals surface area contributed by atoms with E-state index in [1.807, 2.05) is 0 Å². The summed E-state index contributed by atoms with van der Waals surface area (Å²) in [4.78, 5) is 24.3. The zero-order valence-corrected chi connectivity index (χ0v) is 13.8. The molecule has 1 fully saturated rings. The van der Waals surface area contributed by atoms with Crippen molar-refractivity contribution < 1.29 is 24.2 Å². The highest BCUT2D eigenvalue weighted by molar-refractivity contribution is 6.46. The van der Waals surface area contributed by atoms with Crippen LogP contribution in [0.1, 0.15) is 17.2 Å². The van der Waals surface area contributed by atoms with Gasteiger partial charge in [-0.15, -0.1) is 0 Å². The average molecular weight is 339 g/mol. The molecule has 3 rings (SSSR count). The number of rotatable bonds is 4. The van der Waals surface area contributed by atoms with Crippen LogP contribution in [0.3, 0.4) is 0 Å². The predicted molar refractivity (Wildman–Crippen MR) is 91.4 cm³/mol. The third-order valence-corrected chi connectivity index (χ3v) is 4.07. The van der Waals surface area contributed by atoms with Crippen LogP contribution in [-0.4, -0.2) is 31.0 Å². The van der Waals surface area contributed by atoms with Crippen LogP contribution in [0.25, 0.3) is 5.76 Å². The van der Waals surface area contributed by atoms with Crippen molar-refractivity contribution in [3.05, 3.63) is 65.2 Å². The van der Waals surface area contributed by atoms with Crippen molar-refractivity contribution in [1.82, 2.24) is 5.32 Å². The molecule has 1 atom stereocenters. The van der Waals surface area contributed by atoms with Gasteiger partial charge in [0.2, 0.25) is 0 Å². The topological polar surface area (TPSA) is 84.9 Å². The van der Waals surface area contributed by atoms with Gasteiger partial charge in [0.05, 0.1) is 25.8 Å². The van der Waals surface area contributed by atoms with Crippen molar-refractivity contribution in [2.24, 2.45) is 0 Å². The molecule has 128 valence electrons. The van der Waals surface area contributed by atoms with E-state index in [1.165, 1.54) is 14.2 Å². The molecule has 6 heteroatoms. The molecule has 0 spiro atoms. The number of carbonyl (C=O) groups excluding carboxylic acids is 2. The standard InChI is InChI=1S/C19H17NO5/c1-24-12-8-9-13(14(10-12)25-2)16-15(18(22)19(23)20-16)17(21)11-6-4-3-5-7-11/h3-10,16,21H,1-2H3,(H,20,23)/b17-15+/t16-/m0/s1. The molecule has 0 aromatic heterocycles. The lowest BCUT2D eigenvalue weighted by molar-refractivity contribution is -0.133. The van der Waals surface area contributed by atoms with E-state index >= 15 is 0 Å². The molecule has 1 heterocycles. The number of carbonyl (C=O) groups is 2. The van der Waals surface area contributed by atoms with E-state index in [4.69, 9.17) is 9.47 Å². The minimum absolute atomic E-state index is 0.000308. The summed E-state index contributed by atoms with van der Waals surface area (Å²) in [5.41, 5.74) is 1.01. The number of aliphatic hydroxyl groups is 1. The fourth-order valence-electron chi connectivity index (χ4n) is 2.81. The largest absolute Gasteiger partial charge is 0.507 e. The summed E-state index contributed by atoms with van der Waals surface area (Å²) in [5, 5.41) is 13.2. The lowest BCUT2D eigenvalue weighted by atomic mass is 9.95. The Morgan fingerprint density at radius 2 is 1.76 bits per heavy atom. The maximum absolute atomic E-state index is 12.3. The summed E-state index contributed by atoms with van der Waals surface area (Å²) < 4.78 is 10.5. The summed E-state index contributed by atoms with van der Waals surface area (Å²) in [5.74, 6) is -0.733. The van der Waals surface area contributed by atoms with Crippen LogP contribution in [0.2, 0.25) is 0 Å². The van der Waals surface area contributed by atoms with Gasteiger partial charge in [-0.2, -0.15) is 0 Å². The zero-order chi connectivity index (χ0) is 18.0. The highest BCUT2D eigenvalue weighted by Crippen LogP contribution is 2.38. The Hall–Kier alpha value is -3.28. The molecule has 0 radical (unpaired) electrons. The molecule has 2 N–H and O–H groups in total. The van der Waals surface area contributed by atoms with Crippen molar-refractivity contribution in [2.75, 3.05) is 14.2 Å². The molecule has 1 aliphatic heterocycles. The molecule has 0 bridgehead atoms. The minimum Gasteiger partial charge on any atom is -0.507 e. The van der Waals surface area contributed by atoms with Crippen LogP contribution >= 0.6 is 0 Å². The second-order valence-corrected chi connectivity index (χ2v) is 5.47. The normalized spacial score (nSPS) is 18.7. The van der Waals surface area contributed by atoms with E-state index in [0.717, 1.165) is 0 Å². The number of ketones is 1. The van der Waals surface area contributed by atoms with Crippen molar-refractivity contribution in [3.8, 4) is 11.5 Å². The van der Waals surface area contributed by atoms with Crippen LogP contribution in [0, 0.1) is 0 Å². The second-order valence-electron chi connectivity index (χ2n) is 5.47. The first-order valence-electron chi connectivity index (χ1n) is 7.62. The number of hydrogen-bond acceptors (Lipinski definition) is 5. The Morgan fingerprint density at radius 1 is 1.04 bits per heavy atom. The molecule has 0 aliphatic carbocycles. The summed E-state index contributed by atoms with van der Waals surface area (Å²) >= 11 is 0. The number of Topliss-reactive ketones (excluding diaryl/α,β-unsaturated/α-hetero) is 1. The SMILES string of the molecule is COc1ccc([C@@H]2NC(=O)C(=O)/C2=C(/O)c2ccccc2)c(OC)c1. The van der Waals surface area contributed by atoms with Gasteiger partial charge in [-0.3, -0.25) is 9.59 Å². The number of hydrogen-bond donors (Lipinski definition) is 2. The Morgan fingerprint density at radius 3 is 2.40 bits per heavy atom. The third kappa shape index (κ3) is 2.94. The molecule has 1 amide bonds. The van der Waals surface area contributed by atoms with Gasteiger partial charge in [0.15, 0.2) is 0 Å². The van der Waals surface area contributed by atoms with Gasteiger partial charge in [-0.25, -0.2) is 0 Å². The van der Waals surface area contributed by atoms with Gasteiger partial charge in [-0.05, 0) is 12.1 Å². The highest BCUT2D eigenvalue weighted by Gasteiger charge is 2.40. The van der Waals surface area contributed by atoms with Crippen molar-refractivity contribution in [1.29, 1.82) is 0 Å². The van der Waals surface area contributed by atoms with E-state index in [-0.39, 0.29) is 11.3 Å². The van der Waals surface area contributed by atoms with Crippen LogP contribution < -0.4 is 14.8 Å². The fraction of sp³-hybridized carbons (Fsp3) is 0.158. The van der Waals surface area contributed by atoms with E-state index in [9.17, 15) is 14.7 Å². The van der Waals surface area contributed by atoms with Crippen LogP contribution in [0.4, 0.5) is 0 Å². The molecule has 0 saturated carbocycles. The van der Waals surface area contributed by atoms with E-state index < -0.39 is 17.7 Å². The fourth-order valence-corrected chi connectivity index (χ4v) is 2.81. The monoisotopic (exact) mass is 339 g/mol. The summed E-state index contributed by atoms with van der Waals surface area (Å²) in [6.45, 7) is 0. The number of nitrogens with one attached hydrogen (secondary N) is 1. The van der Waals surface area contributed by atoms with Crippen molar-refractivity contribution in [3.63, 3.8) is 0 Å². The molecule has 1 saturated heterocycles. The maximum atomic E-state index is 12.3. The number of methoxy groups -OCH3 is 2. The lowest BCUT2D eigenvalue weighted by Crippen LogP contribution is -2.21. The first-order chi connectivity index (χ1) is 12.1. The second kappa shape index (κ2) is 6.68. The molecular weight excluding hydrogens is 322 g/mol. The summed E-state index contributed by atoms with van der Waals surface area (Å²) in [7, 11) is 3.01. The number of aliphatic hydroxyl groups excluding tert-OH is 1. The third-order valence-electron chi connectivity index (χ3n) is 4.07. The van der Waals surface area contributed by atoms with Gasteiger partial charge >= 0.3 is 0 Å². The average Bonchev–Trinajstić information content (AvgIpc) is 2.95. The molecule has 0 unspecified atom stereocenters. The first-order valence-corrected chi connectivity index (χ1v) is 7.62. The minimum atomic E-state index is -0.805. The Bertz CT molecular complexity index is 857. The number of amides is 1. The molecule has 1 aliphatic rings. The smallest absolute Gasteiger partial charge is 0.293 e. The molecule has 6 nitrogen and oxygen atoms in total. The number of ether oxygens (including phenoxy) is 2. The quantitative estimate of drug-likeness (QED) is 0.508. The zero-order valence-electron chi connectivity index (χ0n) is 13.8. The van der Waals surface area contributed by atoms with Crippen LogP contribution in [0.5, 0.6) is 11.5 Å². The van der Waals surface area contributed by atoms with Crippen LogP contribution in [-0.2, 0) is 9.59 Å². The molecule has 25 heavy (non-hydrogen) atoms. The first kappa shape index (κ1) is 16.6. The van der Waals surface area contributed by atoms with E-state index in [0.29, 0.717) is 22.6 Å². The number of benzene rings is 2. The highest BCUT2D eigenvalue weighted by atomic mass is 16.5.